The smallest absolute Gasteiger partial charge is 0.358 e. The van der Waals surface area contributed by atoms with E-state index in [1.54, 1.807) is 30.8 Å². The van der Waals surface area contributed by atoms with E-state index in [4.69, 9.17) is 11.6 Å². The second kappa shape index (κ2) is 8.22. The zero-order valence-corrected chi connectivity index (χ0v) is 16.1. The molecule has 1 unspecified atom stereocenters. The van der Waals surface area contributed by atoms with Crippen LogP contribution >= 0.6 is 11.6 Å². The number of rotatable bonds is 7. The lowest BCUT2D eigenvalue weighted by atomic mass is 10.1. The number of aromatic nitrogens is 4. The van der Waals surface area contributed by atoms with E-state index >= 15 is 0 Å². The van der Waals surface area contributed by atoms with Gasteiger partial charge in [-0.3, -0.25) is 9.48 Å². The molecule has 0 spiro atoms. The average molecular weight is 403 g/mol. The van der Waals surface area contributed by atoms with Crippen LogP contribution < -0.4 is 5.32 Å². The summed E-state index contributed by atoms with van der Waals surface area (Å²) in [5, 5.41) is 22.5. The highest BCUT2D eigenvalue weighted by atomic mass is 35.5. The molecule has 1 atom stereocenters. The Labute approximate surface area is 166 Å². The van der Waals surface area contributed by atoms with Gasteiger partial charge in [-0.1, -0.05) is 36.7 Å². The van der Waals surface area contributed by atoms with Gasteiger partial charge < -0.3 is 15.4 Å². The van der Waals surface area contributed by atoms with Crippen molar-refractivity contribution in [2.75, 3.05) is 5.32 Å². The summed E-state index contributed by atoms with van der Waals surface area (Å²) < 4.78 is 3.14. The third kappa shape index (κ3) is 4.55. The Morgan fingerprint density at radius 2 is 2.07 bits per heavy atom. The number of anilines is 1. The first-order valence-electron chi connectivity index (χ1n) is 8.60. The van der Waals surface area contributed by atoms with Crippen LogP contribution in [0.15, 0.2) is 42.6 Å². The minimum absolute atomic E-state index is 0.228. The molecule has 10 heteroatoms. The van der Waals surface area contributed by atoms with Gasteiger partial charge in [0.05, 0.1) is 35.9 Å². The Kier molecular flexibility index (Phi) is 5.74. The first kappa shape index (κ1) is 19.6. The molecule has 28 heavy (non-hydrogen) atoms. The summed E-state index contributed by atoms with van der Waals surface area (Å²) in [6.07, 6.45) is 1.75. The second-order valence-electron chi connectivity index (χ2n) is 6.46. The van der Waals surface area contributed by atoms with Crippen molar-refractivity contribution in [3.8, 4) is 0 Å². The molecule has 146 valence electrons. The topological polar surface area (TPSA) is 108 Å². The molecule has 1 amide bonds. The molecule has 0 aliphatic carbocycles. The van der Waals surface area contributed by atoms with E-state index in [2.05, 4.69) is 15.5 Å². The molecule has 1 N–H and O–H groups in total. The first-order valence-corrected chi connectivity index (χ1v) is 8.98. The number of amides is 1. The fourth-order valence-electron chi connectivity index (χ4n) is 2.68. The summed E-state index contributed by atoms with van der Waals surface area (Å²) in [5.41, 5.74) is 1.55. The van der Waals surface area contributed by atoms with E-state index in [-0.39, 0.29) is 18.3 Å². The highest BCUT2D eigenvalue weighted by Crippen LogP contribution is 2.17. The summed E-state index contributed by atoms with van der Waals surface area (Å²) >= 11 is 6.16. The van der Waals surface area contributed by atoms with E-state index in [9.17, 15) is 14.9 Å². The molecule has 0 fully saturated rings. The van der Waals surface area contributed by atoms with Crippen LogP contribution in [0.3, 0.4) is 0 Å². The Morgan fingerprint density at radius 1 is 1.32 bits per heavy atom. The van der Waals surface area contributed by atoms with Gasteiger partial charge in [0.15, 0.2) is 5.82 Å². The third-order valence-electron chi connectivity index (χ3n) is 4.23. The standard InChI is InChI=1S/C18H19ClN6O3/c1-12(10-24-13(2)9-17(22-24)25(27)28)18(26)20-16-7-8-23(21-16)11-14-5-3-4-6-15(14)19/h3-9,12H,10-11H2,1-2H3,(H,20,21,26). The van der Waals surface area contributed by atoms with Gasteiger partial charge in [0.25, 0.3) is 0 Å². The van der Waals surface area contributed by atoms with E-state index in [1.807, 2.05) is 24.3 Å². The van der Waals surface area contributed by atoms with Crippen molar-refractivity contribution < 1.29 is 9.72 Å². The summed E-state index contributed by atoms with van der Waals surface area (Å²) in [6.45, 7) is 4.15. The van der Waals surface area contributed by atoms with Crippen LogP contribution in [0.1, 0.15) is 18.2 Å². The average Bonchev–Trinajstić information content (AvgIpc) is 3.24. The maximum absolute atomic E-state index is 12.4. The lowest BCUT2D eigenvalue weighted by Gasteiger charge is -2.10. The highest BCUT2D eigenvalue weighted by Gasteiger charge is 2.21. The van der Waals surface area contributed by atoms with Crippen molar-refractivity contribution in [1.82, 2.24) is 19.6 Å². The molecule has 0 aliphatic rings. The molecule has 3 rings (SSSR count). The normalized spacial score (nSPS) is 12.0. The molecule has 0 aliphatic heterocycles. The Bertz CT molecular complexity index is 1010. The van der Waals surface area contributed by atoms with E-state index in [1.165, 1.54) is 10.7 Å². The SMILES string of the molecule is Cc1cc([N+](=O)[O-])nn1CC(C)C(=O)Nc1ccn(Cc2ccccc2Cl)n1. The number of nitro groups is 1. The summed E-state index contributed by atoms with van der Waals surface area (Å²) in [4.78, 5) is 22.7. The second-order valence-corrected chi connectivity index (χ2v) is 6.87. The maximum atomic E-state index is 12.4. The van der Waals surface area contributed by atoms with Crippen molar-refractivity contribution in [3.63, 3.8) is 0 Å². The van der Waals surface area contributed by atoms with E-state index in [0.29, 0.717) is 23.1 Å². The lowest BCUT2D eigenvalue weighted by molar-refractivity contribution is -0.389. The molecule has 9 nitrogen and oxygen atoms in total. The van der Waals surface area contributed by atoms with Crippen LogP contribution in [0.4, 0.5) is 11.6 Å². The molecule has 1 aromatic carbocycles. The number of nitrogens with zero attached hydrogens (tertiary/aromatic N) is 5. The van der Waals surface area contributed by atoms with Crippen LogP contribution in [-0.4, -0.2) is 30.4 Å². The fourth-order valence-corrected chi connectivity index (χ4v) is 2.87. The molecule has 2 aromatic heterocycles. The van der Waals surface area contributed by atoms with Crippen molar-refractivity contribution in [2.24, 2.45) is 5.92 Å². The van der Waals surface area contributed by atoms with Crippen LogP contribution in [0, 0.1) is 23.0 Å². The van der Waals surface area contributed by atoms with Gasteiger partial charge in [0.2, 0.25) is 5.91 Å². The molecule has 0 bridgehead atoms. The van der Waals surface area contributed by atoms with Crippen LogP contribution in [0.2, 0.25) is 5.02 Å². The van der Waals surface area contributed by atoms with E-state index < -0.39 is 10.8 Å². The number of hydrogen-bond donors (Lipinski definition) is 1. The minimum atomic E-state index is -0.556. The highest BCUT2D eigenvalue weighted by molar-refractivity contribution is 6.31. The van der Waals surface area contributed by atoms with Crippen molar-refractivity contribution >= 4 is 29.1 Å². The Hall–Kier alpha value is -3.20. The lowest BCUT2D eigenvalue weighted by Crippen LogP contribution is -2.25. The predicted octanol–water partition coefficient (Wildman–Crippen LogP) is 3.27. The fraction of sp³-hybridized carbons (Fsp3) is 0.278. The zero-order chi connectivity index (χ0) is 20.3. The summed E-state index contributed by atoms with van der Waals surface area (Å²) in [6, 6.07) is 10.6. The monoisotopic (exact) mass is 402 g/mol. The maximum Gasteiger partial charge on any atom is 0.390 e. The molecular formula is C18H19ClN6O3. The number of halogens is 1. The van der Waals surface area contributed by atoms with Gasteiger partial charge >= 0.3 is 5.82 Å². The van der Waals surface area contributed by atoms with Gasteiger partial charge in [-0.15, -0.1) is 0 Å². The molecule has 3 aromatic rings. The van der Waals surface area contributed by atoms with Crippen molar-refractivity contribution in [3.05, 3.63) is 69.0 Å². The van der Waals surface area contributed by atoms with Gasteiger partial charge in [0, 0.05) is 17.3 Å². The Balaban J connectivity index is 1.61. The van der Waals surface area contributed by atoms with Crippen molar-refractivity contribution in [1.29, 1.82) is 0 Å². The number of aryl methyl sites for hydroxylation is 1. The number of benzene rings is 1. The molecule has 0 saturated heterocycles. The third-order valence-corrected chi connectivity index (χ3v) is 4.60. The molecule has 2 heterocycles. The van der Waals surface area contributed by atoms with Gasteiger partial charge in [-0.25, -0.2) is 0 Å². The predicted molar refractivity (Wildman–Crippen MR) is 104 cm³/mol. The number of nitrogens with one attached hydrogen (secondary N) is 1. The van der Waals surface area contributed by atoms with Gasteiger partial charge in [-0.2, -0.15) is 9.78 Å². The zero-order valence-electron chi connectivity index (χ0n) is 15.4. The number of hydrogen-bond acceptors (Lipinski definition) is 5. The van der Waals surface area contributed by atoms with E-state index in [0.717, 1.165) is 5.56 Å². The van der Waals surface area contributed by atoms with Crippen LogP contribution in [0.25, 0.3) is 0 Å². The molecular weight excluding hydrogens is 384 g/mol. The largest absolute Gasteiger partial charge is 0.390 e. The van der Waals surface area contributed by atoms with Crippen LogP contribution in [0.5, 0.6) is 0 Å². The quantitative estimate of drug-likeness (QED) is 0.482. The number of carbonyl (C=O) groups is 1. The summed E-state index contributed by atoms with van der Waals surface area (Å²) in [7, 11) is 0. The molecule has 0 radical (unpaired) electrons. The van der Waals surface area contributed by atoms with Gasteiger partial charge in [-0.05, 0) is 23.5 Å². The summed E-state index contributed by atoms with van der Waals surface area (Å²) in [5.74, 6) is -0.511. The van der Waals surface area contributed by atoms with Crippen LogP contribution in [-0.2, 0) is 17.9 Å². The minimum Gasteiger partial charge on any atom is -0.358 e. The number of carbonyl (C=O) groups excluding carboxylic acids is 1. The Morgan fingerprint density at radius 3 is 2.75 bits per heavy atom. The molecule has 0 saturated carbocycles. The van der Waals surface area contributed by atoms with Gasteiger partial charge in [0.1, 0.15) is 0 Å². The first-order chi connectivity index (χ1) is 13.3. The van der Waals surface area contributed by atoms with Crippen molar-refractivity contribution in [2.45, 2.75) is 26.9 Å².